The van der Waals surface area contributed by atoms with E-state index in [4.69, 9.17) is 4.74 Å². The van der Waals surface area contributed by atoms with Gasteiger partial charge in [0.05, 0.1) is 23.8 Å². The lowest BCUT2D eigenvalue weighted by atomic mass is 10.0. The molecule has 2 N–H and O–H groups in total. The molecule has 0 spiro atoms. The third kappa shape index (κ3) is 3.16. The number of rotatable bonds is 4. The van der Waals surface area contributed by atoms with Crippen LogP contribution in [-0.2, 0) is 17.7 Å². The van der Waals surface area contributed by atoms with E-state index in [0.717, 1.165) is 39.2 Å². The van der Waals surface area contributed by atoms with Crippen LogP contribution in [0.25, 0.3) is 0 Å². The van der Waals surface area contributed by atoms with Crippen molar-refractivity contribution in [3.8, 4) is 0 Å². The van der Waals surface area contributed by atoms with Crippen molar-refractivity contribution in [2.45, 2.75) is 44.9 Å². The van der Waals surface area contributed by atoms with Gasteiger partial charge in [-0.25, -0.2) is 4.98 Å². The van der Waals surface area contributed by atoms with Crippen molar-refractivity contribution in [1.82, 2.24) is 20.2 Å². The zero-order valence-electron chi connectivity index (χ0n) is 11.7. The van der Waals surface area contributed by atoms with Crippen LogP contribution >= 0.6 is 0 Å². The van der Waals surface area contributed by atoms with E-state index >= 15 is 0 Å². The minimum absolute atomic E-state index is 0.485. The second-order valence-corrected chi connectivity index (χ2v) is 5.57. The monoisotopic (exact) mass is 264 g/mol. The summed E-state index contributed by atoms with van der Waals surface area (Å²) in [5, 5.41) is 3.60. The van der Waals surface area contributed by atoms with Gasteiger partial charge < -0.3 is 19.9 Å². The Morgan fingerprint density at radius 3 is 3.05 bits per heavy atom. The number of imidazole rings is 1. The second-order valence-electron chi connectivity index (χ2n) is 5.57. The number of aromatic amines is 1. The molecule has 5 nitrogen and oxygen atoms in total. The summed E-state index contributed by atoms with van der Waals surface area (Å²) in [4.78, 5) is 10.2. The molecule has 5 heteroatoms. The van der Waals surface area contributed by atoms with E-state index in [0.29, 0.717) is 12.1 Å². The fraction of sp³-hybridized carbons (Fsp3) is 0.786. The maximum Gasteiger partial charge on any atom is 0.0925 e. The molecule has 1 fully saturated rings. The largest absolute Gasteiger partial charge is 0.378 e. The molecule has 1 unspecified atom stereocenters. The number of piperidine rings is 1. The Balaban J connectivity index is 1.46. The first kappa shape index (κ1) is 13.1. The van der Waals surface area contributed by atoms with Gasteiger partial charge in [0, 0.05) is 45.2 Å². The van der Waals surface area contributed by atoms with Gasteiger partial charge in [0.15, 0.2) is 0 Å². The van der Waals surface area contributed by atoms with E-state index in [1.54, 1.807) is 0 Å². The second kappa shape index (κ2) is 6.03. The minimum atomic E-state index is 0.485. The smallest absolute Gasteiger partial charge is 0.0925 e. The van der Waals surface area contributed by atoms with Crippen molar-refractivity contribution < 1.29 is 4.74 Å². The number of hydrogen-bond donors (Lipinski definition) is 2. The van der Waals surface area contributed by atoms with Crippen molar-refractivity contribution >= 4 is 0 Å². The number of fused-ring (bicyclic) bond motifs is 1. The zero-order chi connectivity index (χ0) is 13.1. The zero-order valence-corrected chi connectivity index (χ0v) is 11.7. The van der Waals surface area contributed by atoms with Gasteiger partial charge in [-0.05, 0) is 19.8 Å². The van der Waals surface area contributed by atoms with E-state index in [1.807, 2.05) is 6.33 Å². The maximum absolute atomic E-state index is 5.70. The Hall–Kier alpha value is -0.910. The average Bonchev–Trinajstić information content (AvgIpc) is 2.89. The molecule has 2 aliphatic heterocycles. The predicted octanol–water partition coefficient (Wildman–Crippen LogP) is 0.925. The number of ether oxygens (including phenoxy) is 1. The summed E-state index contributed by atoms with van der Waals surface area (Å²) in [7, 11) is 0. The van der Waals surface area contributed by atoms with Crippen molar-refractivity contribution in [3.63, 3.8) is 0 Å². The molecule has 1 aromatic heterocycles. The van der Waals surface area contributed by atoms with Crippen LogP contribution in [-0.4, -0.2) is 53.3 Å². The van der Waals surface area contributed by atoms with Gasteiger partial charge >= 0.3 is 0 Å². The number of nitrogens with zero attached hydrogens (tertiary/aromatic N) is 2. The van der Waals surface area contributed by atoms with Gasteiger partial charge in [0.2, 0.25) is 0 Å². The molecule has 2 aliphatic rings. The van der Waals surface area contributed by atoms with Crippen molar-refractivity contribution in [2.75, 3.05) is 26.2 Å². The van der Waals surface area contributed by atoms with Gasteiger partial charge in [-0.1, -0.05) is 0 Å². The molecule has 0 saturated carbocycles. The molecular weight excluding hydrogens is 240 g/mol. The quantitative estimate of drug-likeness (QED) is 0.849. The molecule has 3 rings (SSSR count). The summed E-state index contributed by atoms with van der Waals surface area (Å²) in [5.74, 6) is 0. The van der Waals surface area contributed by atoms with Crippen LogP contribution in [0, 0.1) is 0 Å². The molecule has 1 atom stereocenters. The lowest BCUT2D eigenvalue weighted by molar-refractivity contribution is 0.0122. The van der Waals surface area contributed by atoms with E-state index in [-0.39, 0.29) is 0 Å². The standard InChI is InChI=1S/C14H24N4O/c1-2-19-12-3-5-18(6-4-12)9-11-7-13-14(8-15-11)17-10-16-13/h10-12,15H,2-9H2,1H3,(H,16,17). The van der Waals surface area contributed by atoms with Gasteiger partial charge in [-0.3, -0.25) is 0 Å². The Morgan fingerprint density at radius 2 is 2.26 bits per heavy atom. The normalized spacial score (nSPS) is 25.4. The van der Waals surface area contributed by atoms with Crippen LogP contribution in [0.3, 0.4) is 0 Å². The summed E-state index contributed by atoms with van der Waals surface area (Å²) in [6.45, 7) is 7.31. The lowest BCUT2D eigenvalue weighted by Crippen LogP contribution is -2.47. The number of hydrogen-bond acceptors (Lipinski definition) is 4. The Labute approximate surface area is 114 Å². The third-order valence-electron chi connectivity index (χ3n) is 4.23. The Bertz CT molecular complexity index is 398. The van der Waals surface area contributed by atoms with E-state index in [9.17, 15) is 0 Å². The van der Waals surface area contributed by atoms with E-state index < -0.39 is 0 Å². The molecule has 3 heterocycles. The average molecular weight is 264 g/mol. The topological polar surface area (TPSA) is 53.2 Å². The van der Waals surface area contributed by atoms with Crippen molar-refractivity contribution in [3.05, 3.63) is 17.7 Å². The summed E-state index contributed by atoms with van der Waals surface area (Å²) in [6, 6.07) is 0.541. The molecule has 19 heavy (non-hydrogen) atoms. The van der Waals surface area contributed by atoms with Gasteiger partial charge in [0.1, 0.15) is 0 Å². The summed E-state index contributed by atoms with van der Waals surface area (Å²) in [6.07, 6.45) is 5.69. The molecule has 0 radical (unpaired) electrons. The van der Waals surface area contributed by atoms with E-state index in [2.05, 4.69) is 27.1 Å². The lowest BCUT2D eigenvalue weighted by Gasteiger charge is -2.35. The van der Waals surface area contributed by atoms with Crippen LogP contribution in [0.15, 0.2) is 6.33 Å². The minimum Gasteiger partial charge on any atom is -0.378 e. The van der Waals surface area contributed by atoms with Gasteiger partial charge in [0.25, 0.3) is 0 Å². The summed E-state index contributed by atoms with van der Waals surface area (Å²) >= 11 is 0. The highest BCUT2D eigenvalue weighted by Gasteiger charge is 2.25. The molecule has 0 bridgehead atoms. The molecular formula is C14H24N4O. The number of nitrogens with one attached hydrogen (secondary N) is 2. The fourth-order valence-corrected chi connectivity index (χ4v) is 3.17. The summed E-state index contributed by atoms with van der Waals surface area (Å²) < 4.78 is 5.70. The van der Waals surface area contributed by atoms with Gasteiger partial charge in [-0.2, -0.15) is 0 Å². The van der Waals surface area contributed by atoms with E-state index in [1.165, 1.54) is 24.2 Å². The highest BCUT2D eigenvalue weighted by atomic mass is 16.5. The number of likely N-dealkylation sites (tertiary alicyclic amines) is 1. The van der Waals surface area contributed by atoms with Gasteiger partial charge in [-0.15, -0.1) is 0 Å². The Kier molecular flexibility index (Phi) is 4.15. The predicted molar refractivity (Wildman–Crippen MR) is 74.0 cm³/mol. The molecule has 1 aromatic rings. The van der Waals surface area contributed by atoms with Crippen LogP contribution in [0.2, 0.25) is 0 Å². The summed E-state index contributed by atoms with van der Waals surface area (Å²) in [5.41, 5.74) is 2.50. The van der Waals surface area contributed by atoms with Crippen LogP contribution in [0.4, 0.5) is 0 Å². The van der Waals surface area contributed by atoms with Crippen molar-refractivity contribution in [2.24, 2.45) is 0 Å². The first-order chi connectivity index (χ1) is 9.35. The Morgan fingerprint density at radius 1 is 1.42 bits per heavy atom. The molecule has 106 valence electrons. The number of aromatic nitrogens is 2. The van der Waals surface area contributed by atoms with Crippen molar-refractivity contribution in [1.29, 1.82) is 0 Å². The van der Waals surface area contributed by atoms with Crippen LogP contribution < -0.4 is 5.32 Å². The van der Waals surface area contributed by atoms with Crippen LogP contribution in [0.1, 0.15) is 31.2 Å². The first-order valence-corrected chi connectivity index (χ1v) is 7.43. The SMILES string of the molecule is CCOC1CCN(CC2Cc3nc[nH]c3CN2)CC1. The first-order valence-electron chi connectivity index (χ1n) is 7.43. The molecule has 0 aromatic carbocycles. The highest BCUT2D eigenvalue weighted by Crippen LogP contribution is 2.17. The fourth-order valence-electron chi connectivity index (χ4n) is 3.17. The number of H-pyrrole nitrogens is 1. The third-order valence-corrected chi connectivity index (χ3v) is 4.23. The van der Waals surface area contributed by atoms with Crippen LogP contribution in [0.5, 0.6) is 0 Å². The highest BCUT2D eigenvalue weighted by molar-refractivity contribution is 5.16. The molecule has 0 amide bonds. The molecule has 1 saturated heterocycles. The molecule has 0 aliphatic carbocycles. The maximum atomic E-state index is 5.70.